The van der Waals surface area contributed by atoms with Crippen molar-refractivity contribution in [2.24, 2.45) is 0 Å². The molecule has 21 heavy (non-hydrogen) atoms. The molecule has 2 aromatic rings. The topological polar surface area (TPSA) is 40.6 Å². The van der Waals surface area contributed by atoms with Gasteiger partial charge in [-0.15, -0.1) is 0 Å². The molecule has 112 valence electrons. The monoisotopic (exact) mass is 351 g/mol. The second-order valence-corrected chi connectivity index (χ2v) is 5.11. The number of benzene rings is 1. The molecule has 1 aromatic heterocycles. The number of pyridine rings is 1. The fraction of sp³-hybridized carbons (Fsp3) is 0.312. The van der Waals surface area contributed by atoms with E-state index in [2.05, 4.69) is 20.9 Å². The first-order valence-electron chi connectivity index (χ1n) is 6.53. The number of nitrogens with zero attached hydrogens (tertiary/aromatic N) is 1. The number of ether oxygens (including phenoxy) is 3. The average Bonchev–Trinajstić information content (AvgIpc) is 2.51. The summed E-state index contributed by atoms with van der Waals surface area (Å²) in [5.41, 5.74) is 2.84. The largest absolute Gasteiger partial charge is 0.497 e. The summed E-state index contributed by atoms with van der Waals surface area (Å²) in [6, 6.07) is 9.61. The number of halogens is 1. The van der Waals surface area contributed by atoms with E-state index in [1.807, 2.05) is 37.3 Å². The van der Waals surface area contributed by atoms with Crippen molar-refractivity contribution >= 4 is 15.9 Å². The molecule has 5 heteroatoms. The van der Waals surface area contributed by atoms with Crippen molar-refractivity contribution < 1.29 is 14.2 Å². The van der Waals surface area contributed by atoms with Gasteiger partial charge in [-0.3, -0.25) is 4.98 Å². The van der Waals surface area contributed by atoms with Crippen LogP contribution in [0.4, 0.5) is 0 Å². The fourth-order valence-electron chi connectivity index (χ4n) is 1.96. The highest BCUT2D eigenvalue weighted by Gasteiger charge is 2.07. The van der Waals surface area contributed by atoms with Gasteiger partial charge < -0.3 is 14.2 Å². The Labute approximate surface area is 133 Å². The zero-order valence-corrected chi connectivity index (χ0v) is 13.9. The van der Waals surface area contributed by atoms with Crippen LogP contribution in [0.25, 0.3) is 0 Å². The molecule has 0 bridgehead atoms. The van der Waals surface area contributed by atoms with Crippen molar-refractivity contribution in [1.29, 1.82) is 0 Å². The highest BCUT2D eigenvalue weighted by Crippen LogP contribution is 2.29. The maximum Gasteiger partial charge on any atom is 0.162 e. The molecule has 0 radical (unpaired) electrons. The molecule has 2 rings (SSSR count). The molecule has 1 aromatic carbocycles. The number of hydrogen-bond acceptors (Lipinski definition) is 4. The van der Waals surface area contributed by atoms with Gasteiger partial charge in [0.25, 0.3) is 0 Å². The minimum atomic E-state index is 0.361. The van der Waals surface area contributed by atoms with Crippen molar-refractivity contribution in [2.75, 3.05) is 14.2 Å². The standard InChI is InChI=1S/C16H18BrNO3/c1-11-6-14(19-2)8-13(18-11)10-21-16-7-12(9-17)4-5-15(16)20-3/h4-8H,9-10H2,1-3H3. The predicted molar refractivity (Wildman–Crippen MR) is 85.5 cm³/mol. The predicted octanol–water partition coefficient (Wildman–Crippen LogP) is 3.88. The summed E-state index contributed by atoms with van der Waals surface area (Å²) in [7, 11) is 3.27. The summed E-state index contributed by atoms with van der Waals surface area (Å²) in [6.45, 7) is 2.29. The summed E-state index contributed by atoms with van der Waals surface area (Å²) in [6.07, 6.45) is 0. The summed E-state index contributed by atoms with van der Waals surface area (Å²) in [5.74, 6) is 2.19. The summed E-state index contributed by atoms with van der Waals surface area (Å²) in [5, 5.41) is 0.768. The first-order valence-corrected chi connectivity index (χ1v) is 7.65. The van der Waals surface area contributed by atoms with Gasteiger partial charge in [0, 0.05) is 23.2 Å². The van der Waals surface area contributed by atoms with Gasteiger partial charge in [-0.2, -0.15) is 0 Å². The number of aromatic nitrogens is 1. The maximum absolute atomic E-state index is 5.85. The highest BCUT2D eigenvalue weighted by molar-refractivity contribution is 9.08. The van der Waals surface area contributed by atoms with Gasteiger partial charge in [-0.1, -0.05) is 22.0 Å². The molecule has 0 aliphatic rings. The molecule has 0 spiro atoms. The number of rotatable bonds is 6. The van der Waals surface area contributed by atoms with Crippen LogP contribution < -0.4 is 14.2 Å². The highest BCUT2D eigenvalue weighted by atomic mass is 79.9. The minimum Gasteiger partial charge on any atom is -0.497 e. The third kappa shape index (κ3) is 4.11. The fourth-order valence-corrected chi connectivity index (χ4v) is 2.31. The Hall–Kier alpha value is -1.75. The first-order chi connectivity index (χ1) is 10.2. The normalized spacial score (nSPS) is 10.3. The Morgan fingerprint density at radius 2 is 1.86 bits per heavy atom. The van der Waals surface area contributed by atoms with Gasteiger partial charge in [0.1, 0.15) is 12.4 Å². The second kappa shape index (κ2) is 7.31. The molecule has 0 N–H and O–H groups in total. The molecule has 4 nitrogen and oxygen atoms in total. The number of alkyl halides is 1. The number of methoxy groups -OCH3 is 2. The van der Waals surface area contributed by atoms with Crippen molar-refractivity contribution in [3.63, 3.8) is 0 Å². The zero-order valence-electron chi connectivity index (χ0n) is 12.4. The SMILES string of the molecule is COc1cc(C)nc(COc2cc(CBr)ccc2OC)c1. The van der Waals surface area contributed by atoms with Gasteiger partial charge >= 0.3 is 0 Å². The van der Waals surface area contributed by atoms with Gasteiger partial charge in [0.05, 0.1) is 19.9 Å². The average molecular weight is 352 g/mol. The third-order valence-corrected chi connectivity index (χ3v) is 3.62. The lowest BCUT2D eigenvalue weighted by molar-refractivity contribution is 0.279. The minimum absolute atomic E-state index is 0.361. The smallest absolute Gasteiger partial charge is 0.162 e. The van der Waals surface area contributed by atoms with Gasteiger partial charge in [0.2, 0.25) is 0 Å². The van der Waals surface area contributed by atoms with E-state index in [4.69, 9.17) is 14.2 Å². The molecule has 0 unspecified atom stereocenters. The molecular formula is C16H18BrNO3. The molecule has 0 aliphatic heterocycles. The van der Waals surface area contributed by atoms with Crippen LogP contribution in [0.15, 0.2) is 30.3 Å². The van der Waals surface area contributed by atoms with E-state index in [0.29, 0.717) is 18.1 Å². The van der Waals surface area contributed by atoms with Gasteiger partial charge in [-0.25, -0.2) is 0 Å². The van der Waals surface area contributed by atoms with Crippen molar-refractivity contribution in [3.05, 3.63) is 47.3 Å². The summed E-state index contributed by atoms with van der Waals surface area (Å²) >= 11 is 3.44. The number of hydrogen-bond donors (Lipinski definition) is 0. The van der Waals surface area contributed by atoms with Crippen LogP contribution in [0, 0.1) is 6.92 Å². The van der Waals surface area contributed by atoms with Crippen LogP contribution in [0.2, 0.25) is 0 Å². The zero-order chi connectivity index (χ0) is 15.2. The van der Waals surface area contributed by atoms with E-state index in [-0.39, 0.29) is 0 Å². The molecule has 0 saturated carbocycles. The van der Waals surface area contributed by atoms with Crippen LogP contribution in [0.1, 0.15) is 17.0 Å². The van der Waals surface area contributed by atoms with Gasteiger partial charge in [0.15, 0.2) is 11.5 Å². The van der Waals surface area contributed by atoms with E-state index >= 15 is 0 Å². The first kappa shape index (κ1) is 15.6. The molecule has 1 heterocycles. The van der Waals surface area contributed by atoms with Crippen LogP contribution in [-0.4, -0.2) is 19.2 Å². The van der Waals surface area contributed by atoms with Crippen LogP contribution in [0.5, 0.6) is 17.2 Å². The molecule has 0 amide bonds. The lowest BCUT2D eigenvalue weighted by Crippen LogP contribution is -2.02. The Morgan fingerprint density at radius 1 is 1.05 bits per heavy atom. The maximum atomic E-state index is 5.85. The molecule has 0 atom stereocenters. The van der Waals surface area contributed by atoms with Gasteiger partial charge in [-0.05, 0) is 24.6 Å². The Kier molecular flexibility index (Phi) is 5.44. The quantitative estimate of drug-likeness (QED) is 0.740. The van der Waals surface area contributed by atoms with Crippen molar-refractivity contribution in [3.8, 4) is 17.2 Å². The Morgan fingerprint density at radius 3 is 2.52 bits per heavy atom. The van der Waals surface area contributed by atoms with E-state index in [9.17, 15) is 0 Å². The second-order valence-electron chi connectivity index (χ2n) is 4.55. The molecule has 0 aliphatic carbocycles. The molecule has 0 saturated heterocycles. The molecular weight excluding hydrogens is 334 g/mol. The van der Waals surface area contributed by atoms with E-state index < -0.39 is 0 Å². The lowest BCUT2D eigenvalue weighted by Gasteiger charge is -2.12. The van der Waals surface area contributed by atoms with Crippen LogP contribution in [-0.2, 0) is 11.9 Å². The van der Waals surface area contributed by atoms with Crippen LogP contribution >= 0.6 is 15.9 Å². The lowest BCUT2D eigenvalue weighted by atomic mass is 10.2. The Bertz CT molecular complexity index is 616. The molecule has 0 fully saturated rings. The Balaban J connectivity index is 2.17. The summed E-state index contributed by atoms with van der Waals surface area (Å²) in [4.78, 5) is 4.44. The number of aryl methyl sites for hydroxylation is 1. The van der Waals surface area contributed by atoms with Crippen LogP contribution in [0.3, 0.4) is 0 Å². The van der Waals surface area contributed by atoms with E-state index in [1.165, 1.54) is 0 Å². The van der Waals surface area contributed by atoms with Crippen molar-refractivity contribution in [2.45, 2.75) is 18.9 Å². The van der Waals surface area contributed by atoms with E-state index in [0.717, 1.165) is 28.0 Å². The summed E-state index contributed by atoms with van der Waals surface area (Å²) < 4.78 is 16.4. The third-order valence-electron chi connectivity index (χ3n) is 2.97. The van der Waals surface area contributed by atoms with E-state index in [1.54, 1.807) is 14.2 Å². The van der Waals surface area contributed by atoms with Crippen molar-refractivity contribution in [1.82, 2.24) is 4.98 Å².